The molecule has 0 heterocycles. The summed E-state index contributed by atoms with van der Waals surface area (Å²) >= 11 is 0. The average molecular weight is 210 g/mol. The van der Waals surface area contributed by atoms with E-state index in [1.165, 1.54) is 32.1 Å². The molecule has 88 valence electrons. The van der Waals surface area contributed by atoms with E-state index in [9.17, 15) is 0 Å². The second-order valence-electron chi connectivity index (χ2n) is 5.59. The molecule has 0 amide bonds. The molecule has 0 bridgehead atoms. The number of hydrogen-bond acceptors (Lipinski definition) is 1. The molecule has 1 fully saturated rings. The average Bonchev–Trinajstić information content (AvgIpc) is 2.27. The maximum absolute atomic E-state index is 6.06. The van der Waals surface area contributed by atoms with Gasteiger partial charge in [-0.3, -0.25) is 4.99 Å². The Labute approximate surface area is 94.3 Å². The van der Waals surface area contributed by atoms with Gasteiger partial charge >= 0.3 is 0 Å². The van der Waals surface area contributed by atoms with Gasteiger partial charge in [-0.1, -0.05) is 40.0 Å². The Balaban J connectivity index is 2.44. The van der Waals surface area contributed by atoms with Crippen LogP contribution in [0.25, 0.3) is 0 Å². The van der Waals surface area contributed by atoms with Gasteiger partial charge in [-0.2, -0.15) is 0 Å². The number of nitrogens with two attached hydrogens (primary N) is 1. The molecule has 2 nitrogen and oxygen atoms in total. The zero-order valence-electron chi connectivity index (χ0n) is 10.6. The molecule has 1 aliphatic carbocycles. The lowest BCUT2D eigenvalue weighted by Crippen LogP contribution is -2.27. The van der Waals surface area contributed by atoms with E-state index in [0.717, 1.165) is 18.8 Å². The molecular formula is C13H26N2. The largest absolute Gasteiger partial charge is 0.387 e. The fourth-order valence-electron chi connectivity index (χ4n) is 1.94. The Bertz CT molecular complexity index is 213. The van der Waals surface area contributed by atoms with Crippen molar-refractivity contribution in [1.82, 2.24) is 0 Å². The number of rotatable bonds is 4. The molecule has 2 N–H and O–H groups in total. The van der Waals surface area contributed by atoms with Gasteiger partial charge in [0.2, 0.25) is 0 Å². The molecule has 0 aliphatic heterocycles. The monoisotopic (exact) mass is 210 g/mol. The summed E-state index contributed by atoms with van der Waals surface area (Å²) in [6.07, 6.45) is 7.71. The molecule has 1 rings (SSSR count). The van der Waals surface area contributed by atoms with Gasteiger partial charge < -0.3 is 5.73 Å². The minimum absolute atomic E-state index is 0.305. The Morgan fingerprint density at radius 3 is 2.40 bits per heavy atom. The molecule has 0 aromatic carbocycles. The van der Waals surface area contributed by atoms with E-state index in [4.69, 9.17) is 5.73 Å². The van der Waals surface area contributed by atoms with Crippen LogP contribution >= 0.6 is 0 Å². The molecule has 1 saturated carbocycles. The van der Waals surface area contributed by atoms with Crippen LogP contribution in [0.4, 0.5) is 0 Å². The molecule has 2 heteroatoms. The van der Waals surface area contributed by atoms with Crippen molar-refractivity contribution >= 4 is 5.84 Å². The molecular weight excluding hydrogens is 184 g/mol. The number of amidine groups is 1. The van der Waals surface area contributed by atoms with Crippen LogP contribution in [0.2, 0.25) is 0 Å². The van der Waals surface area contributed by atoms with E-state index >= 15 is 0 Å². The van der Waals surface area contributed by atoms with Gasteiger partial charge in [-0.15, -0.1) is 0 Å². The zero-order valence-corrected chi connectivity index (χ0v) is 10.6. The summed E-state index contributed by atoms with van der Waals surface area (Å²) in [6, 6.07) is 0. The number of hydrogen-bond donors (Lipinski definition) is 1. The Hall–Kier alpha value is -0.530. The second kappa shape index (κ2) is 5.53. The summed E-state index contributed by atoms with van der Waals surface area (Å²) in [5.41, 5.74) is 6.37. The van der Waals surface area contributed by atoms with E-state index in [2.05, 4.69) is 25.8 Å². The van der Waals surface area contributed by atoms with Gasteiger partial charge in [0.05, 0.1) is 5.84 Å². The molecule has 0 atom stereocenters. The molecule has 0 radical (unpaired) electrons. The minimum Gasteiger partial charge on any atom is -0.387 e. The molecule has 0 saturated heterocycles. The summed E-state index contributed by atoms with van der Waals surface area (Å²) in [5.74, 6) is 1.49. The van der Waals surface area contributed by atoms with Crippen LogP contribution in [0.5, 0.6) is 0 Å². The Morgan fingerprint density at radius 2 is 1.87 bits per heavy atom. The second-order valence-corrected chi connectivity index (χ2v) is 5.59. The zero-order chi connectivity index (χ0) is 11.3. The van der Waals surface area contributed by atoms with E-state index < -0.39 is 0 Å². The third-order valence-corrected chi connectivity index (χ3v) is 3.67. The van der Waals surface area contributed by atoms with Crippen molar-refractivity contribution in [2.45, 2.75) is 59.3 Å². The van der Waals surface area contributed by atoms with Crippen molar-refractivity contribution in [2.75, 3.05) is 6.54 Å². The van der Waals surface area contributed by atoms with Crippen LogP contribution in [-0.2, 0) is 0 Å². The first-order valence-corrected chi connectivity index (χ1v) is 6.35. The van der Waals surface area contributed by atoms with Crippen LogP contribution in [0, 0.1) is 11.3 Å². The van der Waals surface area contributed by atoms with Gasteiger partial charge in [-0.25, -0.2) is 0 Å². The standard InChI is InChI=1S/C13H26N2/c1-4-13(2,3)10-15-12(14)11-8-6-5-7-9-11/h11H,4-10H2,1-3H3,(H2,14,15). The molecule has 0 aromatic heterocycles. The Morgan fingerprint density at radius 1 is 1.27 bits per heavy atom. The quantitative estimate of drug-likeness (QED) is 0.561. The van der Waals surface area contributed by atoms with Crippen molar-refractivity contribution in [3.05, 3.63) is 0 Å². The molecule has 0 aromatic rings. The number of nitrogens with zero attached hydrogens (tertiary/aromatic N) is 1. The third-order valence-electron chi connectivity index (χ3n) is 3.67. The van der Waals surface area contributed by atoms with Gasteiger partial charge in [0, 0.05) is 12.5 Å². The normalized spacial score (nSPS) is 20.6. The number of aliphatic imine (C=N–C) groups is 1. The van der Waals surface area contributed by atoms with Crippen LogP contribution in [0.15, 0.2) is 4.99 Å². The first kappa shape index (κ1) is 12.5. The molecule has 0 spiro atoms. The van der Waals surface area contributed by atoms with Crippen molar-refractivity contribution in [3.8, 4) is 0 Å². The van der Waals surface area contributed by atoms with Gasteiger partial charge in [0.1, 0.15) is 0 Å². The predicted octanol–water partition coefficient (Wildman–Crippen LogP) is 3.36. The summed E-state index contributed by atoms with van der Waals surface area (Å²) in [7, 11) is 0. The maximum atomic E-state index is 6.06. The topological polar surface area (TPSA) is 38.4 Å². The van der Waals surface area contributed by atoms with E-state index in [0.29, 0.717) is 11.3 Å². The highest BCUT2D eigenvalue weighted by molar-refractivity contribution is 5.82. The van der Waals surface area contributed by atoms with Crippen LogP contribution in [0.3, 0.4) is 0 Å². The van der Waals surface area contributed by atoms with Crippen molar-refractivity contribution in [1.29, 1.82) is 0 Å². The third kappa shape index (κ3) is 4.23. The predicted molar refractivity (Wildman–Crippen MR) is 67.1 cm³/mol. The van der Waals surface area contributed by atoms with Gasteiger partial charge in [0.15, 0.2) is 0 Å². The lowest BCUT2D eigenvalue weighted by atomic mass is 9.87. The lowest BCUT2D eigenvalue weighted by molar-refractivity contribution is 0.363. The maximum Gasteiger partial charge on any atom is 0.0968 e. The van der Waals surface area contributed by atoms with E-state index in [-0.39, 0.29) is 0 Å². The molecule has 0 unspecified atom stereocenters. The van der Waals surface area contributed by atoms with Crippen molar-refractivity contribution in [2.24, 2.45) is 22.1 Å². The summed E-state index contributed by atoms with van der Waals surface area (Å²) in [4.78, 5) is 4.58. The van der Waals surface area contributed by atoms with Crippen LogP contribution in [0.1, 0.15) is 59.3 Å². The van der Waals surface area contributed by atoms with Gasteiger partial charge in [-0.05, 0) is 24.7 Å². The smallest absolute Gasteiger partial charge is 0.0968 e. The first-order valence-electron chi connectivity index (χ1n) is 6.35. The highest BCUT2D eigenvalue weighted by atomic mass is 14.9. The van der Waals surface area contributed by atoms with Crippen LogP contribution in [-0.4, -0.2) is 12.4 Å². The summed E-state index contributed by atoms with van der Waals surface area (Å²) < 4.78 is 0. The van der Waals surface area contributed by atoms with E-state index in [1.807, 2.05) is 0 Å². The highest BCUT2D eigenvalue weighted by Gasteiger charge is 2.19. The Kier molecular flexibility index (Phi) is 4.62. The molecule has 15 heavy (non-hydrogen) atoms. The fourth-order valence-corrected chi connectivity index (χ4v) is 1.94. The SMILES string of the molecule is CCC(C)(C)CN=C(N)C1CCCCC1. The fraction of sp³-hybridized carbons (Fsp3) is 0.923. The van der Waals surface area contributed by atoms with Crippen LogP contribution < -0.4 is 5.73 Å². The minimum atomic E-state index is 0.305. The van der Waals surface area contributed by atoms with Crippen molar-refractivity contribution < 1.29 is 0 Å². The first-order chi connectivity index (χ1) is 7.05. The summed E-state index contributed by atoms with van der Waals surface area (Å²) in [5, 5.41) is 0. The highest BCUT2D eigenvalue weighted by Crippen LogP contribution is 2.25. The van der Waals surface area contributed by atoms with Gasteiger partial charge in [0.25, 0.3) is 0 Å². The van der Waals surface area contributed by atoms with Crippen molar-refractivity contribution in [3.63, 3.8) is 0 Å². The van der Waals surface area contributed by atoms with E-state index in [1.54, 1.807) is 0 Å². The molecule has 1 aliphatic rings. The lowest BCUT2D eigenvalue weighted by Gasteiger charge is -2.24. The summed E-state index contributed by atoms with van der Waals surface area (Å²) in [6.45, 7) is 7.60.